The maximum atomic E-state index is 10.8. The zero-order valence-electron chi connectivity index (χ0n) is 11.7. The Labute approximate surface area is 131 Å². The number of aromatic nitrogens is 1. The lowest BCUT2D eigenvalue weighted by atomic mass is 10.1. The molecule has 0 bridgehead atoms. The summed E-state index contributed by atoms with van der Waals surface area (Å²) in [7, 11) is 1.62. The Morgan fingerprint density at radius 3 is 2.59 bits per heavy atom. The van der Waals surface area contributed by atoms with Crippen LogP contribution in [0.3, 0.4) is 0 Å². The summed E-state index contributed by atoms with van der Waals surface area (Å²) in [6, 6.07) is 14.1. The first kappa shape index (κ1) is 14.2. The lowest BCUT2D eigenvalue weighted by molar-refractivity contribution is -0.384. The van der Waals surface area contributed by atoms with Crippen molar-refractivity contribution in [3.63, 3.8) is 0 Å². The summed E-state index contributed by atoms with van der Waals surface area (Å²) in [5, 5.41) is 13.6. The lowest BCUT2D eigenvalue weighted by Crippen LogP contribution is -1.88. The fourth-order valence-corrected chi connectivity index (χ4v) is 2.89. The van der Waals surface area contributed by atoms with Gasteiger partial charge in [0.05, 0.1) is 17.7 Å². The summed E-state index contributed by atoms with van der Waals surface area (Å²) >= 11 is 1.50. The molecular weight excluding hydrogens is 300 g/mol. The minimum absolute atomic E-state index is 0.0662. The summed E-state index contributed by atoms with van der Waals surface area (Å²) in [4.78, 5) is 15.0. The topological polar surface area (TPSA) is 65.3 Å². The molecular formula is C16H12N2O3S. The van der Waals surface area contributed by atoms with Gasteiger partial charge in [-0.15, -0.1) is 11.3 Å². The van der Waals surface area contributed by atoms with E-state index in [2.05, 4.69) is 4.98 Å². The van der Waals surface area contributed by atoms with Crippen molar-refractivity contribution in [2.75, 3.05) is 7.11 Å². The molecule has 1 heterocycles. The highest BCUT2D eigenvalue weighted by Crippen LogP contribution is 2.31. The number of benzene rings is 2. The van der Waals surface area contributed by atoms with Crippen molar-refractivity contribution in [3.8, 4) is 27.6 Å². The average Bonchev–Trinajstić information content (AvgIpc) is 3.05. The fraction of sp³-hybridized carbons (Fsp3) is 0.0625. The number of hydrogen-bond donors (Lipinski definition) is 0. The van der Waals surface area contributed by atoms with E-state index in [1.165, 1.54) is 23.5 Å². The second-order valence-electron chi connectivity index (χ2n) is 4.57. The number of nitrogens with zero attached hydrogens (tertiary/aromatic N) is 2. The van der Waals surface area contributed by atoms with Gasteiger partial charge in [0.2, 0.25) is 0 Å². The molecule has 0 aliphatic carbocycles. The molecule has 0 fully saturated rings. The normalized spacial score (nSPS) is 10.4. The zero-order valence-corrected chi connectivity index (χ0v) is 12.5. The van der Waals surface area contributed by atoms with Gasteiger partial charge in [0.25, 0.3) is 5.69 Å². The van der Waals surface area contributed by atoms with Gasteiger partial charge in [-0.2, -0.15) is 0 Å². The Morgan fingerprint density at radius 2 is 1.91 bits per heavy atom. The van der Waals surface area contributed by atoms with E-state index in [1.54, 1.807) is 13.2 Å². The molecule has 1 aromatic heterocycles. The van der Waals surface area contributed by atoms with Crippen molar-refractivity contribution in [2.45, 2.75) is 0 Å². The molecule has 3 rings (SSSR count). The van der Waals surface area contributed by atoms with E-state index in [4.69, 9.17) is 4.74 Å². The van der Waals surface area contributed by atoms with Gasteiger partial charge in [-0.05, 0) is 24.3 Å². The maximum absolute atomic E-state index is 10.8. The van der Waals surface area contributed by atoms with Crippen molar-refractivity contribution in [2.24, 2.45) is 0 Å². The molecule has 0 spiro atoms. The van der Waals surface area contributed by atoms with Crippen LogP contribution in [0, 0.1) is 10.1 Å². The van der Waals surface area contributed by atoms with Crippen LogP contribution in [0.2, 0.25) is 0 Å². The highest BCUT2D eigenvalue weighted by Gasteiger charge is 2.10. The molecule has 5 nitrogen and oxygen atoms in total. The van der Waals surface area contributed by atoms with Crippen LogP contribution in [0.25, 0.3) is 21.8 Å². The molecule has 0 atom stereocenters. The second-order valence-corrected chi connectivity index (χ2v) is 5.43. The van der Waals surface area contributed by atoms with Gasteiger partial charge in [0.1, 0.15) is 10.8 Å². The first-order chi connectivity index (χ1) is 10.7. The predicted octanol–water partition coefficient (Wildman–Crippen LogP) is 4.39. The number of methoxy groups -OCH3 is 1. The van der Waals surface area contributed by atoms with Crippen LogP contribution in [0.15, 0.2) is 53.9 Å². The quantitative estimate of drug-likeness (QED) is 0.529. The second kappa shape index (κ2) is 5.95. The number of non-ortho nitro benzene ring substituents is 1. The van der Waals surface area contributed by atoms with Crippen molar-refractivity contribution in [1.82, 2.24) is 4.98 Å². The largest absolute Gasteiger partial charge is 0.497 e. The summed E-state index contributed by atoms with van der Waals surface area (Å²) in [6.45, 7) is 0. The lowest BCUT2D eigenvalue weighted by Gasteiger charge is -2.00. The van der Waals surface area contributed by atoms with Gasteiger partial charge in [-0.1, -0.05) is 12.1 Å². The molecule has 2 aromatic carbocycles. The zero-order chi connectivity index (χ0) is 15.5. The van der Waals surface area contributed by atoms with Crippen LogP contribution in [0.4, 0.5) is 5.69 Å². The van der Waals surface area contributed by atoms with Crippen molar-refractivity contribution >= 4 is 17.0 Å². The highest BCUT2D eigenvalue weighted by molar-refractivity contribution is 7.13. The summed E-state index contributed by atoms with van der Waals surface area (Å²) < 4.78 is 5.13. The number of hydrogen-bond acceptors (Lipinski definition) is 5. The Kier molecular flexibility index (Phi) is 3.84. The highest BCUT2D eigenvalue weighted by atomic mass is 32.1. The summed E-state index contributed by atoms with van der Waals surface area (Å²) in [5.74, 6) is 0.791. The molecule has 6 heteroatoms. The monoisotopic (exact) mass is 312 g/mol. The van der Waals surface area contributed by atoms with Gasteiger partial charge in [-0.3, -0.25) is 10.1 Å². The molecule has 0 aliphatic rings. The van der Waals surface area contributed by atoms with Crippen LogP contribution < -0.4 is 4.74 Å². The minimum atomic E-state index is -0.403. The fourth-order valence-electron chi connectivity index (χ4n) is 2.05. The van der Waals surface area contributed by atoms with Crippen LogP contribution in [-0.4, -0.2) is 17.0 Å². The molecule has 0 saturated carbocycles. The Hall–Kier alpha value is -2.73. The van der Waals surface area contributed by atoms with Gasteiger partial charge < -0.3 is 4.74 Å². The molecule has 0 saturated heterocycles. The number of ether oxygens (including phenoxy) is 1. The Balaban J connectivity index is 1.93. The summed E-state index contributed by atoms with van der Waals surface area (Å²) in [5.41, 5.74) is 2.53. The van der Waals surface area contributed by atoms with E-state index >= 15 is 0 Å². The van der Waals surface area contributed by atoms with Crippen molar-refractivity contribution < 1.29 is 9.66 Å². The average molecular weight is 312 g/mol. The molecule has 3 aromatic rings. The third-order valence-corrected chi connectivity index (χ3v) is 4.09. The molecule has 22 heavy (non-hydrogen) atoms. The number of rotatable bonds is 4. The molecule has 0 N–H and O–H groups in total. The first-order valence-electron chi connectivity index (χ1n) is 6.52. The molecule has 0 radical (unpaired) electrons. The third kappa shape index (κ3) is 2.82. The van der Waals surface area contributed by atoms with Crippen LogP contribution in [-0.2, 0) is 0 Å². The van der Waals surface area contributed by atoms with E-state index in [1.807, 2.05) is 35.7 Å². The third-order valence-electron chi connectivity index (χ3n) is 3.19. The van der Waals surface area contributed by atoms with Gasteiger partial charge in [0.15, 0.2) is 0 Å². The maximum Gasteiger partial charge on any atom is 0.270 e. The van der Waals surface area contributed by atoms with Gasteiger partial charge in [-0.25, -0.2) is 4.98 Å². The van der Waals surface area contributed by atoms with E-state index in [9.17, 15) is 10.1 Å². The SMILES string of the molecule is COc1ccc(-c2nc(-c3cccc([N+](=O)[O-])c3)cs2)cc1. The Morgan fingerprint density at radius 1 is 1.14 bits per heavy atom. The standard InChI is InChI=1S/C16H12N2O3S/c1-21-14-7-5-11(6-8-14)16-17-15(10-22-16)12-3-2-4-13(9-12)18(19)20/h2-10H,1H3. The minimum Gasteiger partial charge on any atom is -0.497 e. The molecule has 0 aliphatic heterocycles. The number of thiazole rings is 1. The van der Waals surface area contributed by atoms with Gasteiger partial charge >= 0.3 is 0 Å². The van der Waals surface area contributed by atoms with Crippen LogP contribution in [0.1, 0.15) is 0 Å². The van der Waals surface area contributed by atoms with Crippen LogP contribution >= 0.6 is 11.3 Å². The first-order valence-corrected chi connectivity index (χ1v) is 7.40. The van der Waals surface area contributed by atoms with Gasteiger partial charge in [0, 0.05) is 28.6 Å². The van der Waals surface area contributed by atoms with Crippen molar-refractivity contribution in [3.05, 3.63) is 64.0 Å². The Bertz CT molecular complexity index is 812. The van der Waals surface area contributed by atoms with E-state index < -0.39 is 4.92 Å². The van der Waals surface area contributed by atoms with Crippen LogP contribution in [0.5, 0.6) is 5.75 Å². The molecule has 0 unspecified atom stereocenters. The number of nitro groups is 1. The van der Waals surface area contributed by atoms with E-state index in [0.717, 1.165) is 27.6 Å². The predicted molar refractivity (Wildman–Crippen MR) is 86.2 cm³/mol. The molecule has 110 valence electrons. The summed E-state index contributed by atoms with van der Waals surface area (Å²) in [6.07, 6.45) is 0. The smallest absolute Gasteiger partial charge is 0.270 e. The van der Waals surface area contributed by atoms with Crippen molar-refractivity contribution in [1.29, 1.82) is 0 Å². The molecule has 0 amide bonds. The van der Waals surface area contributed by atoms with E-state index in [0.29, 0.717) is 0 Å². The van der Waals surface area contributed by atoms with E-state index in [-0.39, 0.29) is 5.69 Å². The number of nitro benzene ring substituents is 1.